The van der Waals surface area contributed by atoms with Crippen LogP contribution in [0, 0.1) is 13.8 Å². The molecule has 23 heavy (non-hydrogen) atoms. The molecule has 0 spiro atoms. The van der Waals surface area contributed by atoms with E-state index in [1.807, 2.05) is 61.7 Å². The molecule has 0 fully saturated rings. The Kier molecular flexibility index (Phi) is 4.14. The van der Waals surface area contributed by atoms with E-state index in [-0.39, 0.29) is 0 Å². The Bertz CT molecular complexity index is 896. The molecule has 3 aromatic rings. The highest BCUT2D eigenvalue weighted by Gasteiger charge is 2.17. The standard InChI is InChI=1S/C19H18ClNO2/c1-4-23-19-7-13(3)17(20)9-16(19)15-8-14-6-5-12(2)10-21(14)18(15)11-22/h5-11H,4H2,1-3H3. The zero-order valence-corrected chi connectivity index (χ0v) is 14.1. The van der Waals surface area contributed by atoms with Crippen molar-refractivity contribution in [3.05, 3.63) is 58.4 Å². The molecule has 3 rings (SSSR count). The van der Waals surface area contributed by atoms with Gasteiger partial charge in [-0.05, 0) is 56.2 Å². The molecule has 0 radical (unpaired) electrons. The second-order valence-corrected chi connectivity index (χ2v) is 6.00. The quantitative estimate of drug-likeness (QED) is 0.625. The van der Waals surface area contributed by atoms with Crippen LogP contribution in [0.3, 0.4) is 0 Å². The smallest absolute Gasteiger partial charge is 0.167 e. The van der Waals surface area contributed by atoms with Gasteiger partial charge in [-0.2, -0.15) is 0 Å². The zero-order chi connectivity index (χ0) is 16.6. The SMILES string of the molecule is CCOc1cc(C)c(Cl)cc1-c1cc2ccc(C)cn2c1C=O. The molecule has 0 amide bonds. The van der Waals surface area contributed by atoms with Crippen LogP contribution in [0.25, 0.3) is 16.6 Å². The first-order chi connectivity index (χ1) is 11.0. The normalized spacial score (nSPS) is 11.0. The second kappa shape index (κ2) is 6.09. The van der Waals surface area contributed by atoms with Crippen LogP contribution in [0.15, 0.2) is 36.5 Å². The third kappa shape index (κ3) is 2.73. The minimum absolute atomic E-state index is 0.553. The van der Waals surface area contributed by atoms with Crippen molar-refractivity contribution in [3.63, 3.8) is 0 Å². The number of hydrogen-bond donors (Lipinski definition) is 0. The van der Waals surface area contributed by atoms with Gasteiger partial charge in [-0.15, -0.1) is 0 Å². The molecule has 0 N–H and O–H groups in total. The predicted octanol–water partition coefficient (Wildman–Crippen LogP) is 5.09. The lowest BCUT2D eigenvalue weighted by molar-refractivity contribution is 0.111. The lowest BCUT2D eigenvalue weighted by Crippen LogP contribution is -1.97. The molecular weight excluding hydrogens is 310 g/mol. The molecule has 0 saturated carbocycles. The maximum Gasteiger partial charge on any atom is 0.167 e. The third-order valence-corrected chi connectivity index (χ3v) is 4.33. The van der Waals surface area contributed by atoms with Gasteiger partial charge in [-0.25, -0.2) is 0 Å². The minimum Gasteiger partial charge on any atom is -0.493 e. The first-order valence-electron chi connectivity index (χ1n) is 7.55. The Morgan fingerprint density at radius 3 is 2.65 bits per heavy atom. The Morgan fingerprint density at radius 2 is 1.96 bits per heavy atom. The van der Waals surface area contributed by atoms with Gasteiger partial charge in [0.2, 0.25) is 0 Å². The summed E-state index contributed by atoms with van der Waals surface area (Å²) in [6.07, 6.45) is 2.84. The number of ether oxygens (including phenoxy) is 1. The summed E-state index contributed by atoms with van der Waals surface area (Å²) in [5.74, 6) is 0.741. The number of aldehydes is 1. The Hall–Kier alpha value is -2.26. The maximum atomic E-state index is 11.7. The summed E-state index contributed by atoms with van der Waals surface area (Å²) in [5.41, 5.74) is 5.28. The molecule has 0 saturated heterocycles. The highest BCUT2D eigenvalue weighted by molar-refractivity contribution is 6.31. The van der Waals surface area contributed by atoms with Crippen molar-refractivity contribution in [2.75, 3.05) is 6.61 Å². The van der Waals surface area contributed by atoms with E-state index in [1.54, 1.807) is 0 Å². The van der Waals surface area contributed by atoms with Crippen LogP contribution in [0.4, 0.5) is 0 Å². The van der Waals surface area contributed by atoms with Crippen molar-refractivity contribution >= 4 is 23.4 Å². The van der Waals surface area contributed by atoms with Gasteiger partial charge in [0.15, 0.2) is 6.29 Å². The molecule has 2 aromatic heterocycles. The van der Waals surface area contributed by atoms with E-state index in [2.05, 4.69) is 0 Å². The number of benzene rings is 1. The van der Waals surface area contributed by atoms with E-state index in [1.165, 1.54) is 0 Å². The van der Waals surface area contributed by atoms with Gasteiger partial charge in [-0.1, -0.05) is 17.7 Å². The van der Waals surface area contributed by atoms with E-state index in [0.29, 0.717) is 17.3 Å². The van der Waals surface area contributed by atoms with E-state index in [4.69, 9.17) is 16.3 Å². The summed E-state index contributed by atoms with van der Waals surface area (Å²) in [4.78, 5) is 11.7. The fourth-order valence-electron chi connectivity index (χ4n) is 2.77. The summed E-state index contributed by atoms with van der Waals surface area (Å²) in [6.45, 7) is 6.43. The van der Waals surface area contributed by atoms with Crippen LogP contribution in [-0.4, -0.2) is 17.3 Å². The number of fused-ring (bicyclic) bond motifs is 1. The number of carbonyl (C=O) groups is 1. The molecule has 0 aliphatic carbocycles. The van der Waals surface area contributed by atoms with Gasteiger partial charge >= 0.3 is 0 Å². The van der Waals surface area contributed by atoms with Crippen LogP contribution >= 0.6 is 11.6 Å². The van der Waals surface area contributed by atoms with Gasteiger partial charge in [0.05, 0.1) is 12.3 Å². The van der Waals surface area contributed by atoms with Gasteiger partial charge < -0.3 is 9.14 Å². The van der Waals surface area contributed by atoms with Gasteiger partial charge in [0, 0.05) is 27.9 Å². The van der Waals surface area contributed by atoms with E-state index < -0.39 is 0 Å². The van der Waals surface area contributed by atoms with Gasteiger partial charge in [0.1, 0.15) is 5.75 Å². The molecule has 0 bridgehead atoms. The molecule has 1 aromatic carbocycles. The summed E-state index contributed by atoms with van der Waals surface area (Å²) >= 11 is 6.30. The number of halogens is 1. The number of aryl methyl sites for hydroxylation is 2. The van der Waals surface area contributed by atoms with E-state index >= 15 is 0 Å². The number of rotatable bonds is 4. The van der Waals surface area contributed by atoms with Gasteiger partial charge in [0.25, 0.3) is 0 Å². The number of aromatic nitrogens is 1. The van der Waals surface area contributed by atoms with Crippen molar-refractivity contribution in [2.45, 2.75) is 20.8 Å². The monoisotopic (exact) mass is 327 g/mol. The summed E-state index contributed by atoms with van der Waals surface area (Å²) in [6, 6.07) is 9.81. The van der Waals surface area contributed by atoms with Crippen molar-refractivity contribution < 1.29 is 9.53 Å². The predicted molar refractivity (Wildman–Crippen MR) is 93.9 cm³/mol. The topological polar surface area (TPSA) is 30.7 Å². The van der Waals surface area contributed by atoms with Crippen LogP contribution in [0.1, 0.15) is 28.5 Å². The average Bonchev–Trinajstić information content (AvgIpc) is 2.88. The van der Waals surface area contributed by atoms with Crippen LogP contribution in [0.2, 0.25) is 5.02 Å². The summed E-state index contributed by atoms with van der Waals surface area (Å²) in [5, 5.41) is 0.659. The number of nitrogens with zero attached hydrogens (tertiary/aromatic N) is 1. The molecule has 2 heterocycles. The molecule has 0 aliphatic rings. The Balaban J connectivity index is 2.32. The molecule has 3 nitrogen and oxygen atoms in total. The molecule has 4 heteroatoms. The van der Waals surface area contributed by atoms with E-state index in [9.17, 15) is 4.79 Å². The fraction of sp³-hybridized carbons (Fsp3) is 0.211. The van der Waals surface area contributed by atoms with E-state index in [0.717, 1.165) is 39.8 Å². The molecule has 118 valence electrons. The first-order valence-corrected chi connectivity index (χ1v) is 7.93. The second-order valence-electron chi connectivity index (χ2n) is 5.59. The Morgan fingerprint density at radius 1 is 1.17 bits per heavy atom. The summed E-state index contributed by atoms with van der Waals surface area (Å²) < 4.78 is 7.67. The van der Waals surface area contributed by atoms with Crippen LogP contribution in [-0.2, 0) is 0 Å². The minimum atomic E-state index is 0.553. The lowest BCUT2D eigenvalue weighted by Gasteiger charge is -2.12. The molecular formula is C19H18ClNO2. The third-order valence-electron chi connectivity index (χ3n) is 3.92. The fourth-order valence-corrected chi connectivity index (χ4v) is 2.94. The molecule has 0 aliphatic heterocycles. The Labute approximate surface area is 140 Å². The molecule has 0 unspecified atom stereocenters. The lowest BCUT2D eigenvalue weighted by atomic mass is 10.0. The van der Waals surface area contributed by atoms with Crippen molar-refractivity contribution in [1.82, 2.24) is 4.40 Å². The first kappa shape index (κ1) is 15.6. The van der Waals surface area contributed by atoms with Crippen LogP contribution in [0.5, 0.6) is 5.75 Å². The summed E-state index contributed by atoms with van der Waals surface area (Å²) in [7, 11) is 0. The van der Waals surface area contributed by atoms with Crippen molar-refractivity contribution in [1.29, 1.82) is 0 Å². The molecule has 0 atom stereocenters. The van der Waals surface area contributed by atoms with Crippen molar-refractivity contribution in [2.24, 2.45) is 0 Å². The maximum absolute atomic E-state index is 11.7. The number of carbonyl (C=O) groups excluding carboxylic acids is 1. The number of pyridine rings is 1. The highest BCUT2D eigenvalue weighted by atomic mass is 35.5. The number of hydrogen-bond acceptors (Lipinski definition) is 2. The van der Waals surface area contributed by atoms with Gasteiger partial charge in [-0.3, -0.25) is 4.79 Å². The zero-order valence-electron chi connectivity index (χ0n) is 13.4. The average molecular weight is 328 g/mol. The largest absolute Gasteiger partial charge is 0.493 e. The van der Waals surface area contributed by atoms with Crippen LogP contribution < -0.4 is 4.74 Å². The van der Waals surface area contributed by atoms with Crippen molar-refractivity contribution in [3.8, 4) is 16.9 Å². The highest BCUT2D eigenvalue weighted by Crippen LogP contribution is 2.37.